The first-order valence-electron chi connectivity index (χ1n) is 5.06. The van der Waals surface area contributed by atoms with Gasteiger partial charge in [-0.3, -0.25) is 4.90 Å². The second kappa shape index (κ2) is 4.06. The third-order valence-corrected chi connectivity index (χ3v) is 2.91. The van der Waals surface area contributed by atoms with Crippen LogP contribution in [-0.2, 0) is 0 Å². The standard InChI is InChI=1S/C10H18N2/c1-2-8-12(9-3-1)10-4-6-11-7-5-10/h1-2,10-11H,3-9H2. The molecule has 2 rings (SSSR count). The van der Waals surface area contributed by atoms with Crippen LogP contribution in [0, 0.1) is 0 Å². The summed E-state index contributed by atoms with van der Waals surface area (Å²) in [5, 5.41) is 3.41. The summed E-state index contributed by atoms with van der Waals surface area (Å²) in [6.45, 7) is 4.89. The van der Waals surface area contributed by atoms with Crippen LogP contribution >= 0.6 is 0 Å². The molecule has 0 aliphatic carbocycles. The normalized spacial score (nSPS) is 27.7. The third kappa shape index (κ3) is 1.87. The smallest absolute Gasteiger partial charge is 0.0166 e. The van der Waals surface area contributed by atoms with Gasteiger partial charge in [-0.05, 0) is 32.4 Å². The molecular weight excluding hydrogens is 148 g/mol. The number of hydrogen-bond donors (Lipinski definition) is 1. The molecule has 0 spiro atoms. The van der Waals surface area contributed by atoms with E-state index in [4.69, 9.17) is 0 Å². The largest absolute Gasteiger partial charge is 0.317 e. The summed E-state index contributed by atoms with van der Waals surface area (Å²) in [5.74, 6) is 0. The number of hydrogen-bond acceptors (Lipinski definition) is 2. The molecule has 2 heteroatoms. The Bertz CT molecular complexity index is 159. The van der Waals surface area contributed by atoms with Gasteiger partial charge in [-0.2, -0.15) is 0 Å². The molecule has 12 heavy (non-hydrogen) atoms. The minimum absolute atomic E-state index is 0.858. The summed E-state index contributed by atoms with van der Waals surface area (Å²) >= 11 is 0. The Hall–Kier alpha value is -0.340. The molecule has 0 aromatic heterocycles. The van der Waals surface area contributed by atoms with E-state index in [1.54, 1.807) is 0 Å². The monoisotopic (exact) mass is 166 g/mol. The maximum absolute atomic E-state index is 3.41. The Morgan fingerprint density at radius 1 is 1.17 bits per heavy atom. The molecule has 1 fully saturated rings. The summed E-state index contributed by atoms with van der Waals surface area (Å²) < 4.78 is 0. The topological polar surface area (TPSA) is 15.3 Å². The van der Waals surface area contributed by atoms with Gasteiger partial charge < -0.3 is 5.32 Å². The lowest BCUT2D eigenvalue weighted by Crippen LogP contribution is -2.44. The highest BCUT2D eigenvalue weighted by atomic mass is 15.2. The molecule has 0 bridgehead atoms. The minimum atomic E-state index is 0.858. The predicted octanol–water partition coefficient (Wildman–Crippen LogP) is 1.00. The maximum Gasteiger partial charge on any atom is 0.0166 e. The maximum atomic E-state index is 3.41. The molecule has 1 N–H and O–H groups in total. The zero-order chi connectivity index (χ0) is 8.23. The van der Waals surface area contributed by atoms with Crippen molar-refractivity contribution in [3.8, 4) is 0 Å². The number of rotatable bonds is 1. The van der Waals surface area contributed by atoms with E-state index in [9.17, 15) is 0 Å². The van der Waals surface area contributed by atoms with Gasteiger partial charge in [0.15, 0.2) is 0 Å². The molecule has 2 aliphatic rings. The Morgan fingerprint density at radius 2 is 2.00 bits per heavy atom. The van der Waals surface area contributed by atoms with E-state index in [1.807, 2.05) is 0 Å². The van der Waals surface area contributed by atoms with Crippen LogP contribution in [0.2, 0.25) is 0 Å². The fraction of sp³-hybridized carbons (Fsp3) is 0.800. The fourth-order valence-corrected chi connectivity index (χ4v) is 2.16. The molecule has 0 aromatic carbocycles. The second-order valence-corrected chi connectivity index (χ2v) is 3.74. The minimum Gasteiger partial charge on any atom is -0.317 e. The van der Waals surface area contributed by atoms with Crippen molar-refractivity contribution in [3.63, 3.8) is 0 Å². The van der Waals surface area contributed by atoms with Crippen LogP contribution in [0.5, 0.6) is 0 Å². The molecule has 2 aliphatic heterocycles. The third-order valence-electron chi connectivity index (χ3n) is 2.91. The van der Waals surface area contributed by atoms with Crippen molar-refractivity contribution in [3.05, 3.63) is 12.2 Å². The summed E-state index contributed by atoms with van der Waals surface area (Å²) in [4.78, 5) is 2.63. The van der Waals surface area contributed by atoms with Gasteiger partial charge in [-0.15, -0.1) is 0 Å². The number of piperidine rings is 1. The molecule has 0 unspecified atom stereocenters. The van der Waals surface area contributed by atoms with Gasteiger partial charge in [0, 0.05) is 19.1 Å². The molecule has 0 amide bonds. The second-order valence-electron chi connectivity index (χ2n) is 3.74. The van der Waals surface area contributed by atoms with Crippen LogP contribution in [0.25, 0.3) is 0 Å². The summed E-state index contributed by atoms with van der Waals surface area (Å²) in [6, 6.07) is 0.858. The van der Waals surface area contributed by atoms with Crippen LogP contribution < -0.4 is 5.32 Å². The Kier molecular flexibility index (Phi) is 2.79. The Labute approximate surface area is 74.6 Å². The van der Waals surface area contributed by atoms with E-state index < -0.39 is 0 Å². The molecule has 68 valence electrons. The van der Waals surface area contributed by atoms with Crippen molar-refractivity contribution in [2.45, 2.75) is 25.3 Å². The van der Waals surface area contributed by atoms with Crippen LogP contribution in [0.3, 0.4) is 0 Å². The fourth-order valence-electron chi connectivity index (χ4n) is 2.16. The van der Waals surface area contributed by atoms with Gasteiger partial charge in [0.05, 0.1) is 0 Å². The molecule has 0 atom stereocenters. The van der Waals surface area contributed by atoms with Crippen molar-refractivity contribution in [2.75, 3.05) is 26.2 Å². The van der Waals surface area contributed by atoms with Gasteiger partial charge >= 0.3 is 0 Å². The van der Waals surface area contributed by atoms with Crippen LogP contribution in [0.4, 0.5) is 0 Å². The molecule has 0 radical (unpaired) electrons. The van der Waals surface area contributed by atoms with E-state index >= 15 is 0 Å². The molecule has 0 saturated carbocycles. The van der Waals surface area contributed by atoms with E-state index in [0.29, 0.717) is 0 Å². The molecule has 2 nitrogen and oxygen atoms in total. The van der Waals surface area contributed by atoms with Crippen molar-refractivity contribution in [2.24, 2.45) is 0 Å². The van der Waals surface area contributed by atoms with Gasteiger partial charge in [0.2, 0.25) is 0 Å². The van der Waals surface area contributed by atoms with Crippen molar-refractivity contribution < 1.29 is 0 Å². The summed E-state index contributed by atoms with van der Waals surface area (Å²) in [6.07, 6.45) is 8.55. The molecular formula is C10H18N2. The quantitative estimate of drug-likeness (QED) is 0.585. The highest BCUT2D eigenvalue weighted by Gasteiger charge is 2.20. The first kappa shape index (κ1) is 8.27. The zero-order valence-corrected chi connectivity index (χ0v) is 7.63. The predicted molar refractivity (Wildman–Crippen MR) is 51.2 cm³/mol. The first-order valence-corrected chi connectivity index (χ1v) is 5.06. The van der Waals surface area contributed by atoms with Crippen molar-refractivity contribution >= 4 is 0 Å². The summed E-state index contributed by atoms with van der Waals surface area (Å²) in [7, 11) is 0. The van der Waals surface area contributed by atoms with E-state index in [2.05, 4.69) is 22.4 Å². The van der Waals surface area contributed by atoms with E-state index in [0.717, 1.165) is 6.04 Å². The summed E-state index contributed by atoms with van der Waals surface area (Å²) in [5.41, 5.74) is 0. The lowest BCUT2D eigenvalue weighted by atomic mass is 10.0. The SMILES string of the molecule is C1=CCN(C2CCNCC2)CC1. The highest BCUT2D eigenvalue weighted by Crippen LogP contribution is 2.14. The lowest BCUT2D eigenvalue weighted by Gasteiger charge is -2.35. The molecule has 1 saturated heterocycles. The highest BCUT2D eigenvalue weighted by molar-refractivity contribution is 4.93. The van der Waals surface area contributed by atoms with Crippen LogP contribution in [0.1, 0.15) is 19.3 Å². The molecule has 2 heterocycles. The average molecular weight is 166 g/mol. The first-order chi connectivity index (χ1) is 5.97. The Morgan fingerprint density at radius 3 is 2.67 bits per heavy atom. The number of nitrogens with one attached hydrogen (secondary N) is 1. The Balaban J connectivity index is 1.85. The molecule has 0 aromatic rings. The van der Waals surface area contributed by atoms with Gasteiger partial charge in [0.1, 0.15) is 0 Å². The van der Waals surface area contributed by atoms with Crippen LogP contribution in [-0.4, -0.2) is 37.1 Å². The number of nitrogens with zero attached hydrogens (tertiary/aromatic N) is 1. The van der Waals surface area contributed by atoms with E-state index in [1.165, 1.54) is 45.4 Å². The zero-order valence-electron chi connectivity index (χ0n) is 7.63. The van der Waals surface area contributed by atoms with Crippen LogP contribution in [0.15, 0.2) is 12.2 Å². The van der Waals surface area contributed by atoms with Gasteiger partial charge in [0.25, 0.3) is 0 Å². The van der Waals surface area contributed by atoms with Crippen molar-refractivity contribution in [1.29, 1.82) is 0 Å². The van der Waals surface area contributed by atoms with Gasteiger partial charge in [-0.1, -0.05) is 12.2 Å². The average Bonchev–Trinajstić information content (AvgIpc) is 2.21. The van der Waals surface area contributed by atoms with Gasteiger partial charge in [-0.25, -0.2) is 0 Å². The van der Waals surface area contributed by atoms with E-state index in [-0.39, 0.29) is 0 Å². The lowest BCUT2D eigenvalue weighted by molar-refractivity contribution is 0.176. The van der Waals surface area contributed by atoms with Crippen molar-refractivity contribution in [1.82, 2.24) is 10.2 Å².